The monoisotopic (exact) mass is 279 g/mol. The van der Waals surface area contributed by atoms with Gasteiger partial charge in [-0.25, -0.2) is 4.79 Å². The lowest BCUT2D eigenvalue weighted by atomic mass is 10.3. The minimum Gasteiger partial charge on any atom is -0.569 e. The molecule has 0 aliphatic heterocycles. The number of carbonyl (C=O) groups is 2. The van der Waals surface area contributed by atoms with Gasteiger partial charge in [0.05, 0.1) is 25.7 Å². The second-order valence-electron chi connectivity index (χ2n) is 3.46. The highest BCUT2D eigenvalue weighted by molar-refractivity contribution is 5.66. The first-order valence-electron chi connectivity index (χ1n) is 5.38. The fraction of sp³-hybridized carbons (Fsp3) is 0.778. The molecule has 110 valence electrons. The second kappa shape index (κ2) is 8.78. The average Bonchev–Trinajstić information content (AvgIpc) is 2.35. The number of aliphatic carboxylic acids is 1. The second-order valence-corrected chi connectivity index (χ2v) is 3.46. The van der Waals surface area contributed by atoms with E-state index in [2.05, 4.69) is 19.6 Å². The normalized spacial score (nSPS) is 12.5. The number of methoxy groups -OCH3 is 1. The summed E-state index contributed by atoms with van der Waals surface area (Å²) < 4.78 is 8.71. The van der Waals surface area contributed by atoms with Gasteiger partial charge in [0.2, 0.25) is 5.28 Å². The van der Waals surface area contributed by atoms with Crippen molar-refractivity contribution < 1.29 is 34.0 Å². The van der Waals surface area contributed by atoms with Crippen molar-refractivity contribution in [2.75, 3.05) is 20.7 Å². The van der Waals surface area contributed by atoms with Gasteiger partial charge in [0, 0.05) is 13.3 Å². The van der Waals surface area contributed by atoms with Crippen LogP contribution < -0.4 is 0 Å². The maximum Gasteiger partial charge on any atom is 0.511 e. The molecule has 0 heterocycles. The van der Waals surface area contributed by atoms with Crippen LogP contribution in [0.1, 0.15) is 19.8 Å². The molecule has 19 heavy (non-hydrogen) atoms. The summed E-state index contributed by atoms with van der Waals surface area (Å²) in [6, 6.07) is 0. The van der Waals surface area contributed by atoms with Crippen molar-refractivity contribution in [3.8, 4) is 0 Å². The predicted octanol–water partition coefficient (Wildman–Crippen LogP) is 0.721. The molecule has 0 saturated carbocycles. The lowest BCUT2D eigenvalue weighted by molar-refractivity contribution is -0.707. The summed E-state index contributed by atoms with van der Waals surface area (Å²) in [7, 11) is 2.54. The van der Waals surface area contributed by atoms with E-state index in [1.165, 1.54) is 14.0 Å². The summed E-state index contributed by atoms with van der Waals surface area (Å²) >= 11 is 0. The van der Waals surface area contributed by atoms with E-state index in [9.17, 15) is 14.8 Å². The number of rotatable bonds is 8. The van der Waals surface area contributed by atoms with E-state index in [4.69, 9.17) is 5.11 Å². The van der Waals surface area contributed by atoms with Gasteiger partial charge in [0.1, 0.15) is 0 Å². The van der Waals surface area contributed by atoms with Gasteiger partial charge in [-0.3, -0.25) is 9.63 Å². The van der Waals surface area contributed by atoms with E-state index in [1.54, 1.807) is 0 Å². The Labute approximate surface area is 109 Å². The van der Waals surface area contributed by atoms with E-state index < -0.39 is 18.4 Å². The maximum absolute atomic E-state index is 11.3. The molecule has 0 aromatic carbocycles. The first-order chi connectivity index (χ1) is 8.86. The Morgan fingerprint density at radius 3 is 2.68 bits per heavy atom. The zero-order chi connectivity index (χ0) is 14.8. The SMILES string of the molecule is COC(=O)OC(C)O/N=[N+](\[O-])N(C)CCCC(=O)O. The fourth-order valence-electron chi connectivity index (χ4n) is 0.919. The smallest absolute Gasteiger partial charge is 0.511 e. The van der Waals surface area contributed by atoms with Crippen molar-refractivity contribution in [3.05, 3.63) is 5.21 Å². The van der Waals surface area contributed by atoms with Crippen LogP contribution in [0.2, 0.25) is 0 Å². The minimum atomic E-state index is -1.09. The van der Waals surface area contributed by atoms with Crippen LogP contribution in [0.25, 0.3) is 0 Å². The van der Waals surface area contributed by atoms with Gasteiger partial charge in [-0.05, 0) is 6.42 Å². The summed E-state index contributed by atoms with van der Waals surface area (Å²) in [6.45, 7) is 1.54. The lowest BCUT2D eigenvalue weighted by Gasteiger charge is -2.13. The summed E-state index contributed by atoms with van der Waals surface area (Å²) in [4.78, 5) is 25.7. The number of carboxylic acids is 1. The molecular formula is C9H17N3O7. The highest BCUT2D eigenvalue weighted by atomic mass is 16.8. The van der Waals surface area contributed by atoms with Crippen molar-refractivity contribution in [1.29, 1.82) is 0 Å². The van der Waals surface area contributed by atoms with Gasteiger partial charge in [-0.1, -0.05) is 0 Å². The van der Waals surface area contributed by atoms with Crippen LogP contribution >= 0.6 is 0 Å². The van der Waals surface area contributed by atoms with Gasteiger partial charge in [0.25, 0.3) is 6.29 Å². The lowest BCUT2D eigenvalue weighted by Crippen LogP contribution is -2.28. The van der Waals surface area contributed by atoms with Crippen molar-refractivity contribution in [3.63, 3.8) is 0 Å². The van der Waals surface area contributed by atoms with Crippen LogP contribution in [-0.4, -0.2) is 54.2 Å². The van der Waals surface area contributed by atoms with Crippen molar-refractivity contribution >= 4 is 12.1 Å². The molecule has 0 saturated heterocycles. The van der Waals surface area contributed by atoms with Crippen molar-refractivity contribution in [2.24, 2.45) is 5.28 Å². The van der Waals surface area contributed by atoms with E-state index >= 15 is 0 Å². The van der Waals surface area contributed by atoms with Crippen LogP contribution in [0.15, 0.2) is 5.28 Å². The third kappa shape index (κ3) is 8.46. The Morgan fingerprint density at radius 2 is 2.16 bits per heavy atom. The van der Waals surface area contributed by atoms with E-state index in [0.29, 0.717) is 0 Å². The van der Waals surface area contributed by atoms with E-state index in [0.717, 1.165) is 12.1 Å². The number of hydrogen-bond donors (Lipinski definition) is 1. The van der Waals surface area contributed by atoms with E-state index in [1.807, 2.05) is 0 Å². The molecule has 1 unspecified atom stereocenters. The van der Waals surface area contributed by atoms with Gasteiger partial charge in [-0.2, -0.15) is 0 Å². The Bertz CT molecular complexity index is 334. The predicted molar refractivity (Wildman–Crippen MR) is 59.6 cm³/mol. The number of nitrogens with zero attached hydrogens (tertiary/aromatic N) is 3. The number of hydrogen-bond acceptors (Lipinski definition) is 7. The summed E-state index contributed by atoms with van der Waals surface area (Å²) in [5.41, 5.74) is 0. The molecule has 0 bridgehead atoms. The first-order valence-corrected chi connectivity index (χ1v) is 5.38. The van der Waals surface area contributed by atoms with Gasteiger partial charge in [-0.15, -0.1) is 5.01 Å². The molecule has 0 aromatic rings. The van der Waals surface area contributed by atoms with Crippen LogP contribution in [0.3, 0.4) is 0 Å². The summed E-state index contributed by atoms with van der Waals surface area (Å²) in [5.74, 6) is -0.945. The zero-order valence-corrected chi connectivity index (χ0v) is 10.9. The molecule has 10 nitrogen and oxygen atoms in total. The third-order valence-electron chi connectivity index (χ3n) is 1.86. The third-order valence-corrected chi connectivity index (χ3v) is 1.86. The van der Waals surface area contributed by atoms with Crippen molar-refractivity contribution in [1.82, 2.24) is 5.01 Å². The standard InChI is InChI=1S/C9H17N3O7/c1-7(18-9(15)17-3)19-10-12(16)11(2)6-4-5-8(13)14/h7H,4-6H2,1-3H3,(H,13,14)/b12-10-. The maximum atomic E-state index is 11.3. The van der Waals surface area contributed by atoms with Crippen LogP contribution in [0.4, 0.5) is 4.79 Å². The first kappa shape index (κ1) is 16.7. The van der Waals surface area contributed by atoms with Gasteiger partial charge in [0.15, 0.2) is 0 Å². The van der Waals surface area contributed by atoms with Gasteiger partial charge >= 0.3 is 12.1 Å². The Balaban J connectivity index is 4.03. The largest absolute Gasteiger partial charge is 0.569 e. The zero-order valence-electron chi connectivity index (χ0n) is 10.9. The highest BCUT2D eigenvalue weighted by Crippen LogP contribution is 1.99. The molecule has 1 N–H and O–H groups in total. The Morgan fingerprint density at radius 1 is 1.53 bits per heavy atom. The van der Waals surface area contributed by atoms with Crippen molar-refractivity contribution in [2.45, 2.75) is 26.1 Å². The van der Waals surface area contributed by atoms with Crippen LogP contribution in [0.5, 0.6) is 0 Å². The summed E-state index contributed by atoms with van der Waals surface area (Å²) in [5, 5.41) is 24.0. The molecule has 0 fully saturated rings. The fourth-order valence-corrected chi connectivity index (χ4v) is 0.919. The molecule has 0 amide bonds. The topological polar surface area (TPSA) is 124 Å². The molecule has 0 radical (unpaired) electrons. The Hall–Kier alpha value is -2.26. The number of carbonyl (C=O) groups excluding carboxylic acids is 1. The Kier molecular flexibility index (Phi) is 7.73. The average molecular weight is 279 g/mol. The van der Waals surface area contributed by atoms with Crippen LogP contribution in [-0.2, 0) is 19.1 Å². The quantitative estimate of drug-likeness (QED) is 0.226. The number of hydrazine groups is 1. The number of carboxylic acid groups (broad SMARTS) is 1. The van der Waals surface area contributed by atoms with Gasteiger partial charge < -0.3 is 19.8 Å². The summed E-state index contributed by atoms with van der Waals surface area (Å²) in [6.07, 6.45) is -1.82. The molecule has 0 spiro atoms. The molecule has 1 atom stereocenters. The molecular weight excluding hydrogens is 262 g/mol. The highest BCUT2D eigenvalue weighted by Gasteiger charge is 2.13. The molecule has 10 heteroatoms. The van der Waals surface area contributed by atoms with E-state index in [-0.39, 0.29) is 24.4 Å². The molecule has 0 aromatic heterocycles. The molecule has 0 rings (SSSR count). The number of ether oxygens (including phenoxy) is 2. The molecule has 0 aliphatic carbocycles. The molecule has 0 aliphatic rings. The minimum absolute atomic E-state index is 0.0547. The van der Waals surface area contributed by atoms with Crippen LogP contribution in [0, 0.1) is 5.21 Å².